The summed E-state index contributed by atoms with van der Waals surface area (Å²) < 4.78 is 2.37. The molecular weight excluding hydrogens is 466 g/mol. The third-order valence-electron chi connectivity index (χ3n) is 7.92. The molecule has 0 aliphatic carbocycles. The summed E-state index contributed by atoms with van der Waals surface area (Å²) in [5, 5.41) is 8.37. The van der Waals surface area contributed by atoms with Crippen LogP contribution in [0.3, 0.4) is 0 Å². The summed E-state index contributed by atoms with van der Waals surface area (Å²) in [5.41, 5.74) is 8.72. The molecule has 0 radical (unpaired) electrons. The standard InChI is InChI=1S/C35H38NS/c1-20(2)16-23-12-13-25-27(17-23)22(4)31-33-32-26(14-15-36(33)8)30-21(3)10-9-11-24(30)18-29(32)37-34(31)28(25)19-35(5,6)7/h9-15,17-18,20H,16,19H2,1-8H3/q+1. The Morgan fingerprint density at radius 2 is 1.68 bits per heavy atom. The molecule has 0 bridgehead atoms. The fraction of sp³-hybridized carbons (Fsp3) is 0.343. The second-order valence-corrected chi connectivity index (χ2v) is 13.8. The Hall–Kier alpha value is -2.84. The second-order valence-electron chi connectivity index (χ2n) is 12.7. The normalized spacial score (nSPS) is 13.2. The summed E-state index contributed by atoms with van der Waals surface area (Å²) in [6.45, 7) is 16.4. The highest BCUT2D eigenvalue weighted by molar-refractivity contribution is 8.00. The number of hydrogen-bond acceptors (Lipinski definition) is 1. The lowest BCUT2D eigenvalue weighted by Gasteiger charge is -2.28. The molecule has 1 aliphatic heterocycles. The van der Waals surface area contributed by atoms with Gasteiger partial charge in [-0.15, -0.1) is 0 Å². The molecule has 188 valence electrons. The third kappa shape index (κ3) is 3.96. The maximum absolute atomic E-state index is 2.49. The Labute approximate surface area is 225 Å². The van der Waals surface area contributed by atoms with Crippen molar-refractivity contribution in [3.63, 3.8) is 0 Å². The fourth-order valence-corrected chi connectivity index (χ4v) is 7.81. The summed E-state index contributed by atoms with van der Waals surface area (Å²) in [5.74, 6) is 0.648. The minimum absolute atomic E-state index is 0.197. The topological polar surface area (TPSA) is 3.88 Å². The molecule has 0 unspecified atom stereocenters. The largest absolute Gasteiger partial charge is 0.222 e. The van der Waals surface area contributed by atoms with E-state index in [-0.39, 0.29) is 5.41 Å². The number of hydrogen-bond donors (Lipinski definition) is 0. The number of aromatic nitrogens is 1. The molecule has 0 amide bonds. The van der Waals surface area contributed by atoms with Crippen molar-refractivity contribution in [3.05, 3.63) is 77.0 Å². The number of rotatable bonds is 3. The van der Waals surface area contributed by atoms with E-state index in [4.69, 9.17) is 0 Å². The van der Waals surface area contributed by atoms with Gasteiger partial charge >= 0.3 is 0 Å². The average molecular weight is 505 g/mol. The molecule has 2 heterocycles. The van der Waals surface area contributed by atoms with Crippen LogP contribution in [0.5, 0.6) is 0 Å². The van der Waals surface area contributed by atoms with Gasteiger partial charge in [-0.2, -0.15) is 0 Å². The predicted molar refractivity (Wildman–Crippen MR) is 161 cm³/mol. The first-order valence-electron chi connectivity index (χ1n) is 13.6. The quantitative estimate of drug-likeness (QED) is 0.171. The molecule has 4 aromatic carbocycles. The molecule has 5 aromatic rings. The van der Waals surface area contributed by atoms with Crippen molar-refractivity contribution >= 4 is 44.1 Å². The average Bonchev–Trinajstić information content (AvgIpc) is 2.82. The van der Waals surface area contributed by atoms with Crippen LogP contribution in [0.25, 0.3) is 43.6 Å². The Kier molecular flexibility index (Phi) is 5.69. The van der Waals surface area contributed by atoms with Crippen LogP contribution in [0, 0.1) is 25.2 Å². The van der Waals surface area contributed by atoms with E-state index in [9.17, 15) is 0 Å². The second kappa shape index (κ2) is 8.60. The van der Waals surface area contributed by atoms with Crippen molar-refractivity contribution in [1.29, 1.82) is 0 Å². The zero-order valence-corrected chi connectivity index (χ0v) is 24.4. The molecule has 0 spiro atoms. The van der Waals surface area contributed by atoms with Crippen LogP contribution in [-0.4, -0.2) is 0 Å². The van der Waals surface area contributed by atoms with Gasteiger partial charge in [0.1, 0.15) is 7.05 Å². The number of nitrogens with zero attached hydrogens (tertiary/aromatic N) is 1. The van der Waals surface area contributed by atoms with Crippen molar-refractivity contribution in [2.24, 2.45) is 18.4 Å². The molecule has 0 atom stereocenters. The van der Waals surface area contributed by atoms with Gasteiger partial charge in [0.2, 0.25) is 5.69 Å². The summed E-state index contributed by atoms with van der Waals surface area (Å²) in [6.07, 6.45) is 4.45. The van der Waals surface area contributed by atoms with E-state index in [2.05, 4.69) is 115 Å². The Morgan fingerprint density at radius 3 is 2.41 bits per heavy atom. The van der Waals surface area contributed by atoms with Crippen molar-refractivity contribution in [2.45, 2.75) is 71.1 Å². The van der Waals surface area contributed by atoms with Crippen molar-refractivity contribution in [2.75, 3.05) is 0 Å². The van der Waals surface area contributed by atoms with Gasteiger partial charge < -0.3 is 0 Å². The van der Waals surface area contributed by atoms with Gasteiger partial charge in [0.05, 0.1) is 10.9 Å². The maximum Gasteiger partial charge on any atom is 0.222 e. The van der Waals surface area contributed by atoms with Crippen molar-refractivity contribution in [1.82, 2.24) is 0 Å². The first-order valence-corrected chi connectivity index (χ1v) is 14.5. The van der Waals surface area contributed by atoms with Crippen molar-refractivity contribution in [3.8, 4) is 11.3 Å². The Bertz CT molecular complexity index is 1730. The maximum atomic E-state index is 2.49. The molecule has 0 saturated carbocycles. The van der Waals surface area contributed by atoms with Gasteiger partial charge in [-0.3, -0.25) is 0 Å². The van der Waals surface area contributed by atoms with Crippen LogP contribution in [0.2, 0.25) is 0 Å². The lowest BCUT2D eigenvalue weighted by atomic mass is 9.82. The van der Waals surface area contributed by atoms with E-state index in [1.165, 1.54) is 75.6 Å². The Morgan fingerprint density at radius 1 is 0.892 bits per heavy atom. The predicted octanol–water partition coefficient (Wildman–Crippen LogP) is 9.51. The molecule has 2 heteroatoms. The first kappa shape index (κ1) is 24.5. The molecule has 1 aromatic heterocycles. The highest BCUT2D eigenvalue weighted by Gasteiger charge is 2.33. The lowest BCUT2D eigenvalue weighted by Crippen LogP contribution is -2.32. The highest BCUT2D eigenvalue weighted by atomic mass is 32.2. The number of pyridine rings is 1. The molecule has 1 aliphatic rings. The molecule has 6 rings (SSSR count). The van der Waals surface area contributed by atoms with Crippen LogP contribution >= 0.6 is 11.8 Å². The van der Waals surface area contributed by atoms with Crippen LogP contribution in [0.15, 0.2) is 64.5 Å². The summed E-state index contributed by atoms with van der Waals surface area (Å²) >= 11 is 2.00. The van der Waals surface area contributed by atoms with Gasteiger partial charge in [0, 0.05) is 21.2 Å². The molecule has 0 saturated heterocycles. The van der Waals surface area contributed by atoms with Gasteiger partial charge in [-0.05, 0) is 87.9 Å². The Balaban J connectivity index is 1.78. The summed E-state index contributed by atoms with van der Waals surface area (Å²) in [4.78, 5) is 2.84. The summed E-state index contributed by atoms with van der Waals surface area (Å²) in [6, 6.07) is 18.8. The van der Waals surface area contributed by atoms with Crippen LogP contribution in [0.1, 0.15) is 56.9 Å². The van der Waals surface area contributed by atoms with Crippen LogP contribution in [0.4, 0.5) is 0 Å². The van der Waals surface area contributed by atoms with E-state index in [0.717, 1.165) is 12.8 Å². The lowest BCUT2D eigenvalue weighted by molar-refractivity contribution is -0.659. The first-order chi connectivity index (χ1) is 17.5. The summed E-state index contributed by atoms with van der Waals surface area (Å²) in [7, 11) is 2.22. The van der Waals surface area contributed by atoms with Gasteiger partial charge in [0.15, 0.2) is 6.20 Å². The van der Waals surface area contributed by atoms with Gasteiger partial charge in [0.25, 0.3) is 0 Å². The van der Waals surface area contributed by atoms with Gasteiger partial charge in [-0.25, -0.2) is 4.57 Å². The van der Waals surface area contributed by atoms with E-state index in [1.807, 2.05) is 11.8 Å². The van der Waals surface area contributed by atoms with E-state index < -0.39 is 0 Å². The third-order valence-corrected chi connectivity index (χ3v) is 9.12. The SMILES string of the molecule is Cc1c2c(c(CC(C)(C)C)c3ccc(CC(C)C)cc13)Sc1cc3cccc(C)c3c3cc[n+](C)c-2c13. The van der Waals surface area contributed by atoms with E-state index >= 15 is 0 Å². The van der Waals surface area contributed by atoms with E-state index in [1.54, 1.807) is 0 Å². The van der Waals surface area contributed by atoms with Crippen LogP contribution < -0.4 is 4.57 Å². The number of fused-ring (bicyclic) bond motifs is 5. The molecule has 1 nitrogen and oxygen atoms in total. The minimum Gasteiger partial charge on any atom is -0.200 e. The zero-order valence-electron chi connectivity index (χ0n) is 23.5. The zero-order chi connectivity index (χ0) is 26.2. The monoisotopic (exact) mass is 504 g/mol. The smallest absolute Gasteiger partial charge is 0.200 e. The highest BCUT2D eigenvalue weighted by Crippen LogP contribution is 2.53. The van der Waals surface area contributed by atoms with Crippen molar-refractivity contribution < 1.29 is 4.57 Å². The molecule has 37 heavy (non-hydrogen) atoms. The molecule has 0 N–H and O–H groups in total. The van der Waals surface area contributed by atoms with E-state index in [0.29, 0.717) is 5.92 Å². The van der Waals surface area contributed by atoms with Crippen LogP contribution in [-0.2, 0) is 19.9 Å². The van der Waals surface area contributed by atoms with Gasteiger partial charge in [-0.1, -0.05) is 82.8 Å². The molecule has 0 fully saturated rings. The number of benzene rings is 4. The molecular formula is C35H38NS+. The minimum atomic E-state index is 0.197. The fourth-order valence-electron chi connectivity index (χ4n) is 6.43. The number of aryl methyl sites for hydroxylation is 3.